The van der Waals surface area contributed by atoms with Gasteiger partial charge in [0.25, 0.3) is 11.0 Å². The fraction of sp³-hybridized carbons (Fsp3) is 0.429. The highest BCUT2D eigenvalue weighted by Crippen LogP contribution is 2.41. The highest BCUT2D eigenvalue weighted by atomic mass is 32.2. The molecule has 2 aliphatic heterocycles. The van der Waals surface area contributed by atoms with Gasteiger partial charge < -0.3 is 15.6 Å². The average Bonchev–Trinajstić information content (AvgIpc) is 3.40. The summed E-state index contributed by atoms with van der Waals surface area (Å²) in [5, 5.41) is 44.8. The van der Waals surface area contributed by atoms with E-state index in [4.69, 9.17) is 15.3 Å². The first-order valence-electron chi connectivity index (χ1n) is 8.83. The molecule has 2 atom stereocenters. The van der Waals surface area contributed by atoms with Crippen molar-refractivity contribution >= 4 is 52.6 Å². The first-order chi connectivity index (χ1) is 15.7. The number of carboxylic acid groups (broad SMARTS) is 1. The van der Waals surface area contributed by atoms with Crippen LogP contribution in [0.2, 0.25) is 0 Å². The molecule has 19 heteroatoms. The Morgan fingerprint density at radius 1 is 1.42 bits per heavy atom. The molecule has 2 aromatic rings. The number of hydrogen-bond donors (Lipinski definition) is 3. The Morgan fingerprint density at radius 2 is 2.15 bits per heavy atom. The Hall–Kier alpha value is -3.32. The molecule has 0 saturated carbocycles. The van der Waals surface area contributed by atoms with Crippen molar-refractivity contribution in [2.24, 2.45) is 0 Å². The van der Waals surface area contributed by atoms with Crippen LogP contribution in [0.1, 0.15) is 5.01 Å². The lowest BCUT2D eigenvalue weighted by molar-refractivity contribution is -0.742. The van der Waals surface area contributed by atoms with E-state index in [9.17, 15) is 19.5 Å². The summed E-state index contributed by atoms with van der Waals surface area (Å²) in [7, 11) is 0. The second kappa shape index (κ2) is 10.5. The van der Waals surface area contributed by atoms with Crippen molar-refractivity contribution in [2.75, 3.05) is 11.5 Å². The lowest BCUT2D eigenvalue weighted by Crippen LogP contribution is -2.70. The zero-order valence-corrected chi connectivity index (χ0v) is 19.0. The minimum absolute atomic E-state index is 0.0153. The highest BCUT2D eigenvalue weighted by Gasteiger charge is 2.54. The average molecular weight is 518 g/mol. The number of nitrogens with zero attached hydrogens (tertiary/aromatic N) is 8. The number of carboxylic acids is 1. The largest absolute Gasteiger partial charge is 0.477 e. The van der Waals surface area contributed by atoms with Crippen molar-refractivity contribution in [3.8, 4) is 0 Å². The molecule has 4 rings (SSSR count). The van der Waals surface area contributed by atoms with Crippen LogP contribution in [0.4, 0.5) is 0 Å². The van der Waals surface area contributed by atoms with E-state index in [2.05, 4.69) is 31.0 Å². The number of β-lactam (4-membered cyclic amide) rings is 1. The zero-order valence-electron chi connectivity index (χ0n) is 16.6. The topological polar surface area (TPSA) is 219 Å². The van der Waals surface area contributed by atoms with Gasteiger partial charge in [-0.15, -0.1) is 37.2 Å². The minimum Gasteiger partial charge on any atom is -0.477 e. The number of carbonyl (C=O) groups excluding carboxylic acids is 2. The number of thioether (sulfide) groups is 2. The summed E-state index contributed by atoms with van der Waals surface area (Å²) >= 11 is 4.24. The maximum atomic E-state index is 12.6. The van der Waals surface area contributed by atoms with Gasteiger partial charge in [0.1, 0.15) is 35.0 Å². The first-order valence-corrected chi connectivity index (χ1v) is 11.7. The van der Waals surface area contributed by atoms with E-state index in [-0.39, 0.29) is 12.2 Å². The maximum absolute atomic E-state index is 12.6. The number of fused-ring (bicyclic) bond motifs is 1. The molecule has 176 valence electrons. The van der Waals surface area contributed by atoms with E-state index in [0.29, 0.717) is 17.1 Å². The Morgan fingerprint density at radius 3 is 2.73 bits per heavy atom. The van der Waals surface area contributed by atoms with Crippen LogP contribution in [0.5, 0.6) is 0 Å². The van der Waals surface area contributed by atoms with Gasteiger partial charge in [-0.2, -0.15) is 0 Å². The van der Waals surface area contributed by atoms with E-state index in [1.165, 1.54) is 50.8 Å². The van der Waals surface area contributed by atoms with E-state index in [1.54, 1.807) is 0 Å². The number of amides is 2. The quantitative estimate of drug-likeness (QED) is 0.174. The fourth-order valence-corrected chi connectivity index (χ4v) is 6.20. The lowest BCUT2D eigenvalue weighted by Gasteiger charge is -2.49. The number of carbonyl (C=O) groups is 3. The molecular weight excluding hydrogens is 502 g/mol. The summed E-state index contributed by atoms with van der Waals surface area (Å²) in [5.41, 5.74) is 0.627. The van der Waals surface area contributed by atoms with E-state index < -0.39 is 34.3 Å². The fourth-order valence-electron chi connectivity index (χ4n) is 2.90. The third-order valence-corrected chi connectivity index (χ3v) is 7.54. The molecule has 4 heterocycles. The molecule has 0 aliphatic carbocycles. The van der Waals surface area contributed by atoms with Crippen molar-refractivity contribution < 1.29 is 29.8 Å². The summed E-state index contributed by atoms with van der Waals surface area (Å²) in [6.45, 7) is 1.72. The van der Waals surface area contributed by atoms with Crippen LogP contribution >= 0.6 is 34.9 Å². The third kappa shape index (κ3) is 5.93. The van der Waals surface area contributed by atoms with Gasteiger partial charge in [-0.25, -0.2) is 9.48 Å². The molecule has 0 aromatic carbocycles. The van der Waals surface area contributed by atoms with Crippen molar-refractivity contribution in [3.05, 3.63) is 32.7 Å². The lowest BCUT2D eigenvalue weighted by atomic mass is 10.0. The standard InChI is InChI=1S/C14H14N8O4S3.HNO3/c1-6-17-18-14(29-6)28-4-7-3-27-12-9(11(24)22(12)10(7)13(25)26)16-8(23)2-21-5-15-19-20-21;2-1(3)4/h5,9,12H,2-4H2,1H3,(H,16,23)(H,25,26);(H,2,3,4)/t9-,12-;/m1./s1. The second-order valence-electron chi connectivity index (χ2n) is 6.33. The van der Waals surface area contributed by atoms with Gasteiger partial charge in [0, 0.05) is 11.5 Å². The molecule has 16 nitrogen and oxygen atoms in total. The number of hydrogen-bond acceptors (Lipinski definition) is 13. The number of rotatable bonds is 7. The van der Waals surface area contributed by atoms with E-state index in [0.717, 1.165) is 9.35 Å². The number of aliphatic carboxylic acids is 1. The predicted octanol–water partition coefficient (Wildman–Crippen LogP) is -0.984. The number of aromatic nitrogens is 6. The maximum Gasteiger partial charge on any atom is 0.352 e. The van der Waals surface area contributed by atoms with Gasteiger partial charge >= 0.3 is 5.97 Å². The van der Waals surface area contributed by atoms with Crippen molar-refractivity contribution in [3.63, 3.8) is 0 Å². The zero-order chi connectivity index (χ0) is 24.1. The Bertz CT molecular complexity index is 1090. The predicted molar refractivity (Wildman–Crippen MR) is 112 cm³/mol. The van der Waals surface area contributed by atoms with Gasteiger partial charge in [0.2, 0.25) is 5.91 Å². The van der Waals surface area contributed by atoms with Crippen molar-refractivity contribution in [1.29, 1.82) is 0 Å². The molecule has 2 amide bonds. The summed E-state index contributed by atoms with van der Waals surface area (Å²) in [5.74, 6) is -1.19. The molecular formula is C14H15N9O7S3. The number of aryl methyl sites for hydroxylation is 1. The third-order valence-electron chi connectivity index (χ3n) is 4.14. The van der Waals surface area contributed by atoms with Gasteiger partial charge in [-0.05, 0) is 22.9 Å². The summed E-state index contributed by atoms with van der Waals surface area (Å²) in [6.07, 6.45) is 1.29. The van der Waals surface area contributed by atoms with Crippen LogP contribution in [0.25, 0.3) is 0 Å². The van der Waals surface area contributed by atoms with Crippen LogP contribution in [0.3, 0.4) is 0 Å². The molecule has 0 bridgehead atoms. The smallest absolute Gasteiger partial charge is 0.352 e. The molecule has 0 spiro atoms. The molecule has 2 aromatic heterocycles. The molecule has 0 unspecified atom stereocenters. The van der Waals surface area contributed by atoms with Crippen LogP contribution in [0.15, 0.2) is 21.9 Å². The first kappa shape index (κ1) is 24.3. The molecule has 0 radical (unpaired) electrons. The van der Waals surface area contributed by atoms with E-state index >= 15 is 0 Å². The molecule has 3 N–H and O–H groups in total. The molecule has 1 saturated heterocycles. The van der Waals surface area contributed by atoms with Crippen LogP contribution in [-0.4, -0.2) is 91.4 Å². The van der Waals surface area contributed by atoms with Crippen LogP contribution in [0, 0.1) is 17.0 Å². The SMILES string of the molecule is Cc1nnc(SCC2=C(C(=O)O)N3C(=O)[C@@H](NC(=O)Cn4cnnn4)[C@H]3SC2)s1.O=[N+]([O-])O. The normalized spacial score (nSPS) is 19.2. The number of nitrogens with one attached hydrogen (secondary N) is 1. The van der Waals surface area contributed by atoms with E-state index in [1.807, 2.05) is 6.92 Å². The van der Waals surface area contributed by atoms with Crippen molar-refractivity contribution in [1.82, 2.24) is 40.6 Å². The Balaban J connectivity index is 0.000000709. The Labute approximate surface area is 196 Å². The van der Waals surface area contributed by atoms with Crippen LogP contribution < -0.4 is 5.32 Å². The van der Waals surface area contributed by atoms with Crippen molar-refractivity contribution in [2.45, 2.75) is 29.2 Å². The van der Waals surface area contributed by atoms with Gasteiger partial charge in [0.15, 0.2) is 4.34 Å². The monoisotopic (exact) mass is 517 g/mol. The second-order valence-corrected chi connectivity index (χ2v) is 9.84. The Kier molecular flexibility index (Phi) is 7.76. The van der Waals surface area contributed by atoms with Gasteiger partial charge in [-0.1, -0.05) is 23.1 Å². The molecule has 33 heavy (non-hydrogen) atoms. The minimum atomic E-state index is -1.50. The summed E-state index contributed by atoms with van der Waals surface area (Å²) < 4.78 is 1.98. The summed E-state index contributed by atoms with van der Waals surface area (Å²) in [6, 6.07) is -0.779. The highest BCUT2D eigenvalue weighted by molar-refractivity contribution is 8.01. The van der Waals surface area contributed by atoms with Gasteiger partial charge in [-0.3, -0.25) is 14.5 Å². The van der Waals surface area contributed by atoms with Crippen LogP contribution in [-0.2, 0) is 20.9 Å². The summed E-state index contributed by atoms with van der Waals surface area (Å²) in [4.78, 5) is 46.2. The van der Waals surface area contributed by atoms with Gasteiger partial charge in [0.05, 0.1) is 0 Å². The molecule has 1 fully saturated rings. The molecule has 2 aliphatic rings. The number of tetrazole rings is 1.